The third kappa shape index (κ3) is 3.65. The molecule has 1 fully saturated rings. The van der Waals surface area contributed by atoms with E-state index in [1.54, 1.807) is 41.3 Å². The molecule has 10 nitrogen and oxygen atoms in total. The van der Waals surface area contributed by atoms with Crippen molar-refractivity contribution in [2.24, 2.45) is 0 Å². The molecule has 0 aliphatic carbocycles. The first-order valence-electron chi connectivity index (χ1n) is 11.5. The quantitative estimate of drug-likeness (QED) is 0.647. The van der Waals surface area contributed by atoms with E-state index >= 15 is 0 Å². The lowest BCUT2D eigenvalue weighted by atomic mass is 10.0. The molecule has 3 aliphatic heterocycles. The van der Waals surface area contributed by atoms with Gasteiger partial charge in [-0.05, 0) is 24.6 Å². The molecule has 0 spiro atoms. The fourth-order valence-corrected chi connectivity index (χ4v) is 5.07. The highest BCUT2D eigenvalue weighted by Crippen LogP contribution is 2.49. The highest BCUT2D eigenvalue weighted by Gasteiger charge is 2.50. The summed E-state index contributed by atoms with van der Waals surface area (Å²) >= 11 is 0. The van der Waals surface area contributed by atoms with Crippen LogP contribution >= 0.6 is 0 Å². The second kappa shape index (κ2) is 8.94. The first-order chi connectivity index (χ1) is 17.0. The molecule has 0 saturated carbocycles. The van der Waals surface area contributed by atoms with Gasteiger partial charge in [0.1, 0.15) is 12.7 Å². The minimum atomic E-state index is -0.800. The van der Waals surface area contributed by atoms with E-state index in [0.717, 1.165) is 6.42 Å². The number of ether oxygens (including phenoxy) is 2. The van der Waals surface area contributed by atoms with Gasteiger partial charge < -0.3 is 24.6 Å². The Morgan fingerprint density at radius 2 is 1.86 bits per heavy atom. The van der Waals surface area contributed by atoms with E-state index < -0.39 is 6.17 Å². The van der Waals surface area contributed by atoms with Crippen LogP contribution in [0.5, 0.6) is 11.5 Å². The number of rotatable bonds is 7. The van der Waals surface area contributed by atoms with Crippen molar-refractivity contribution < 1.29 is 28.7 Å². The number of carbonyl (C=O) groups is 4. The molecule has 2 aromatic carbocycles. The first kappa shape index (κ1) is 22.7. The highest BCUT2D eigenvalue weighted by atomic mass is 16.5. The van der Waals surface area contributed by atoms with E-state index in [1.165, 1.54) is 24.0 Å². The van der Waals surface area contributed by atoms with Crippen molar-refractivity contribution in [2.45, 2.75) is 19.0 Å². The number of methoxy groups -OCH3 is 2. The van der Waals surface area contributed by atoms with E-state index in [-0.39, 0.29) is 42.5 Å². The number of amides is 4. The molecule has 0 bridgehead atoms. The third-order valence-corrected chi connectivity index (χ3v) is 6.67. The van der Waals surface area contributed by atoms with Crippen LogP contribution in [0.3, 0.4) is 0 Å². The molecule has 1 atom stereocenters. The van der Waals surface area contributed by atoms with E-state index in [2.05, 4.69) is 5.32 Å². The molecule has 4 amide bonds. The number of nitrogens with one attached hydrogen (secondary N) is 1. The Hall–Kier alpha value is -4.08. The van der Waals surface area contributed by atoms with Gasteiger partial charge in [-0.3, -0.25) is 24.1 Å². The van der Waals surface area contributed by atoms with E-state index in [4.69, 9.17) is 9.47 Å². The zero-order valence-electron chi connectivity index (χ0n) is 19.6. The molecule has 3 heterocycles. The number of hydrogen-bond donors (Lipinski definition) is 1. The Balaban J connectivity index is 1.46. The minimum Gasteiger partial charge on any atom is -0.493 e. The van der Waals surface area contributed by atoms with Crippen LogP contribution in [0.4, 0.5) is 5.69 Å². The molecular formula is C25H26N4O6. The number of hydrogen-bond acceptors (Lipinski definition) is 6. The molecule has 0 aromatic heterocycles. The summed E-state index contributed by atoms with van der Waals surface area (Å²) < 4.78 is 10.9. The van der Waals surface area contributed by atoms with Crippen LogP contribution in [-0.2, 0) is 9.59 Å². The molecule has 2 aromatic rings. The van der Waals surface area contributed by atoms with Gasteiger partial charge in [-0.25, -0.2) is 0 Å². The average Bonchev–Trinajstić information content (AvgIpc) is 3.41. The fraction of sp³-hybridized carbons (Fsp3) is 0.360. The maximum atomic E-state index is 13.6. The van der Waals surface area contributed by atoms with Crippen molar-refractivity contribution in [3.63, 3.8) is 0 Å². The van der Waals surface area contributed by atoms with Gasteiger partial charge in [0.15, 0.2) is 11.5 Å². The SMILES string of the molecule is COc1ccc2c(c1OC)C(=O)N1c3ccccc3C(=O)N(CC(=O)NCCN3CCCC3=O)[C@@H]21. The zero-order chi connectivity index (χ0) is 24.7. The summed E-state index contributed by atoms with van der Waals surface area (Å²) in [4.78, 5) is 56.5. The predicted octanol–water partition coefficient (Wildman–Crippen LogP) is 1.56. The van der Waals surface area contributed by atoms with Crippen LogP contribution in [0, 0.1) is 0 Å². The first-order valence-corrected chi connectivity index (χ1v) is 11.5. The fourth-order valence-electron chi connectivity index (χ4n) is 5.07. The van der Waals surface area contributed by atoms with Gasteiger partial charge in [-0.15, -0.1) is 0 Å². The lowest BCUT2D eigenvalue weighted by Gasteiger charge is -2.40. The van der Waals surface area contributed by atoms with Crippen molar-refractivity contribution in [1.82, 2.24) is 15.1 Å². The smallest absolute Gasteiger partial charge is 0.264 e. The minimum absolute atomic E-state index is 0.0863. The van der Waals surface area contributed by atoms with E-state index in [9.17, 15) is 19.2 Å². The summed E-state index contributed by atoms with van der Waals surface area (Å²) in [5.41, 5.74) is 1.69. The van der Waals surface area contributed by atoms with Crippen LogP contribution in [0.25, 0.3) is 0 Å². The maximum Gasteiger partial charge on any atom is 0.264 e. The van der Waals surface area contributed by atoms with Gasteiger partial charge in [0.05, 0.1) is 31.0 Å². The summed E-state index contributed by atoms with van der Waals surface area (Å²) in [6.07, 6.45) is 0.563. The molecule has 5 rings (SSSR count). The van der Waals surface area contributed by atoms with Crippen molar-refractivity contribution >= 4 is 29.3 Å². The summed E-state index contributed by atoms with van der Waals surface area (Å²) in [6.45, 7) is 1.16. The molecule has 182 valence electrons. The van der Waals surface area contributed by atoms with Crippen LogP contribution < -0.4 is 19.7 Å². The lowest BCUT2D eigenvalue weighted by Crippen LogP contribution is -2.51. The van der Waals surface area contributed by atoms with Crippen molar-refractivity contribution in [1.29, 1.82) is 0 Å². The number of fused-ring (bicyclic) bond motifs is 5. The largest absolute Gasteiger partial charge is 0.493 e. The normalized spacial score (nSPS) is 18.4. The van der Waals surface area contributed by atoms with Gasteiger partial charge in [-0.1, -0.05) is 18.2 Å². The lowest BCUT2D eigenvalue weighted by molar-refractivity contribution is -0.128. The van der Waals surface area contributed by atoms with Gasteiger partial charge >= 0.3 is 0 Å². The number of likely N-dealkylation sites (tertiary alicyclic amines) is 1. The van der Waals surface area contributed by atoms with E-state index in [0.29, 0.717) is 47.6 Å². The topological polar surface area (TPSA) is 108 Å². The van der Waals surface area contributed by atoms with Gasteiger partial charge in [0.25, 0.3) is 11.8 Å². The Labute approximate surface area is 202 Å². The van der Waals surface area contributed by atoms with Crippen LogP contribution in [-0.4, -0.2) is 73.8 Å². The van der Waals surface area contributed by atoms with Crippen molar-refractivity contribution in [3.05, 3.63) is 53.1 Å². The van der Waals surface area contributed by atoms with Gasteiger partial charge in [-0.2, -0.15) is 0 Å². The Morgan fingerprint density at radius 3 is 2.57 bits per heavy atom. The zero-order valence-corrected chi connectivity index (χ0v) is 19.6. The summed E-state index contributed by atoms with van der Waals surface area (Å²) in [6, 6.07) is 10.3. The second-order valence-corrected chi connectivity index (χ2v) is 8.60. The van der Waals surface area contributed by atoms with Crippen LogP contribution in [0.15, 0.2) is 36.4 Å². The summed E-state index contributed by atoms with van der Waals surface area (Å²) in [7, 11) is 2.94. The van der Waals surface area contributed by atoms with Crippen LogP contribution in [0.2, 0.25) is 0 Å². The Bertz CT molecular complexity index is 1230. The molecule has 35 heavy (non-hydrogen) atoms. The molecule has 3 aliphatic rings. The average molecular weight is 479 g/mol. The molecule has 1 saturated heterocycles. The van der Waals surface area contributed by atoms with Crippen LogP contribution in [0.1, 0.15) is 45.3 Å². The molecule has 0 unspecified atom stereocenters. The Kier molecular flexibility index (Phi) is 5.80. The van der Waals surface area contributed by atoms with E-state index in [1.807, 2.05) is 0 Å². The summed E-state index contributed by atoms with van der Waals surface area (Å²) in [5, 5.41) is 2.80. The third-order valence-electron chi connectivity index (χ3n) is 6.67. The molecule has 10 heteroatoms. The molecular weight excluding hydrogens is 452 g/mol. The number of benzene rings is 2. The Morgan fingerprint density at radius 1 is 1.06 bits per heavy atom. The summed E-state index contributed by atoms with van der Waals surface area (Å²) in [5.74, 6) is -0.275. The van der Waals surface area contributed by atoms with Gasteiger partial charge in [0.2, 0.25) is 11.8 Å². The number of anilines is 1. The number of nitrogens with zero attached hydrogens (tertiary/aromatic N) is 3. The predicted molar refractivity (Wildman–Crippen MR) is 125 cm³/mol. The standard InChI is InChI=1S/C25H26N4O6/c1-34-18-10-9-16-21(22(18)35-2)25(33)29-17-7-4-3-6-15(17)24(32)28(23(16)29)14-19(30)26-11-13-27-12-5-8-20(27)31/h3-4,6-7,9-10,23H,5,8,11-14H2,1-2H3,(H,26,30)/t23-/m1/s1. The van der Waals surface area contributed by atoms with Gasteiger partial charge in [0, 0.05) is 31.6 Å². The molecule has 0 radical (unpaired) electrons. The van der Waals surface area contributed by atoms with Crippen molar-refractivity contribution in [3.8, 4) is 11.5 Å². The molecule has 1 N–H and O–H groups in total. The highest BCUT2D eigenvalue weighted by molar-refractivity contribution is 6.18. The number of para-hydroxylation sites is 1. The van der Waals surface area contributed by atoms with Crippen molar-refractivity contribution in [2.75, 3.05) is 45.3 Å². The number of carbonyl (C=O) groups excluding carboxylic acids is 4. The maximum absolute atomic E-state index is 13.6. The second-order valence-electron chi connectivity index (χ2n) is 8.60. The monoisotopic (exact) mass is 478 g/mol.